The summed E-state index contributed by atoms with van der Waals surface area (Å²) < 4.78 is 6.11. The highest BCUT2D eigenvalue weighted by molar-refractivity contribution is 5.91. The molecule has 2 fully saturated rings. The lowest BCUT2D eigenvalue weighted by Crippen LogP contribution is -2.48. The van der Waals surface area contributed by atoms with E-state index in [0.717, 1.165) is 57.5 Å². The second-order valence-electron chi connectivity index (χ2n) is 10.3. The van der Waals surface area contributed by atoms with Gasteiger partial charge in [0.05, 0.1) is 0 Å². The van der Waals surface area contributed by atoms with Crippen LogP contribution in [0, 0.1) is 5.41 Å². The molecule has 1 aromatic heterocycles. The number of H-pyrrole nitrogens is 1. The quantitative estimate of drug-likeness (QED) is 0.800. The number of hydrogen-bond acceptors (Lipinski definition) is 5. The standard InChI is InChI=1S/C25H32N4O3/c1-24(2)16-19-18(4-3-5-20(19)32-24)17-28-12-6-25(7-13-28)8-14-29(15-9-25)23(31)21-22(30)27-11-10-26-21/h3-5,10-11H,6-9,12-17H2,1-2H3,(H,27,30). The molecule has 2 saturated heterocycles. The van der Waals surface area contributed by atoms with E-state index in [0.29, 0.717) is 18.5 Å². The van der Waals surface area contributed by atoms with Crippen LogP contribution in [0.3, 0.4) is 0 Å². The predicted molar refractivity (Wildman–Crippen MR) is 122 cm³/mol. The van der Waals surface area contributed by atoms with E-state index in [1.54, 1.807) is 4.90 Å². The number of hydrogen-bond donors (Lipinski definition) is 1. The first-order valence-corrected chi connectivity index (χ1v) is 11.7. The van der Waals surface area contributed by atoms with Crippen molar-refractivity contribution in [1.29, 1.82) is 0 Å². The van der Waals surface area contributed by atoms with Crippen molar-refractivity contribution in [2.24, 2.45) is 5.41 Å². The molecule has 1 aromatic carbocycles. The number of carbonyl (C=O) groups is 1. The monoisotopic (exact) mass is 436 g/mol. The molecule has 1 spiro atoms. The molecule has 0 atom stereocenters. The van der Waals surface area contributed by atoms with Gasteiger partial charge in [0.2, 0.25) is 0 Å². The highest BCUT2D eigenvalue weighted by Crippen LogP contribution is 2.42. The summed E-state index contributed by atoms with van der Waals surface area (Å²) in [4.78, 5) is 35.5. The number of ether oxygens (including phenoxy) is 1. The summed E-state index contributed by atoms with van der Waals surface area (Å²) in [5.41, 5.74) is 2.55. The van der Waals surface area contributed by atoms with Gasteiger partial charge in [-0.15, -0.1) is 0 Å². The van der Waals surface area contributed by atoms with Crippen molar-refractivity contribution in [2.75, 3.05) is 26.2 Å². The third-order valence-electron chi connectivity index (χ3n) is 7.55. The maximum Gasteiger partial charge on any atom is 0.279 e. The van der Waals surface area contributed by atoms with E-state index in [1.807, 2.05) is 0 Å². The topological polar surface area (TPSA) is 78.5 Å². The Labute approximate surface area is 188 Å². The van der Waals surface area contributed by atoms with Gasteiger partial charge < -0.3 is 14.6 Å². The zero-order chi connectivity index (χ0) is 22.3. The molecule has 0 bridgehead atoms. The number of nitrogens with one attached hydrogen (secondary N) is 1. The van der Waals surface area contributed by atoms with Crippen molar-refractivity contribution in [3.8, 4) is 5.75 Å². The predicted octanol–water partition coefficient (Wildman–Crippen LogP) is 3.00. The Bertz CT molecular complexity index is 1060. The molecule has 4 heterocycles. The van der Waals surface area contributed by atoms with Crippen LogP contribution in [0.5, 0.6) is 5.75 Å². The molecule has 0 unspecified atom stereocenters. The van der Waals surface area contributed by atoms with Crippen LogP contribution in [0.15, 0.2) is 35.4 Å². The molecule has 3 aliphatic rings. The van der Waals surface area contributed by atoms with Crippen molar-refractivity contribution in [3.05, 3.63) is 57.8 Å². The highest BCUT2D eigenvalue weighted by atomic mass is 16.5. The van der Waals surface area contributed by atoms with Crippen LogP contribution in [0.1, 0.15) is 61.1 Å². The number of aromatic amines is 1. The molecule has 1 N–H and O–H groups in total. The summed E-state index contributed by atoms with van der Waals surface area (Å²) in [6.45, 7) is 8.86. The van der Waals surface area contributed by atoms with Gasteiger partial charge in [-0.3, -0.25) is 14.5 Å². The summed E-state index contributed by atoms with van der Waals surface area (Å²) >= 11 is 0. The molecule has 7 heteroatoms. The van der Waals surface area contributed by atoms with Gasteiger partial charge in [-0.25, -0.2) is 4.98 Å². The first kappa shape index (κ1) is 21.2. The molecule has 2 aromatic rings. The Morgan fingerprint density at radius 1 is 1.12 bits per heavy atom. The number of piperidine rings is 2. The van der Waals surface area contributed by atoms with E-state index in [2.05, 4.69) is 46.9 Å². The van der Waals surface area contributed by atoms with Gasteiger partial charge in [0.1, 0.15) is 11.4 Å². The smallest absolute Gasteiger partial charge is 0.279 e. The lowest BCUT2D eigenvalue weighted by molar-refractivity contribution is 0.0281. The summed E-state index contributed by atoms with van der Waals surface area (Å²) in [5.74, 6) is 0.798. The van der Waals surface area contributed by atoms with Crippen molar-refractivity contribution >= 4 is 5.91 Å². The number of likely N-dealkylation sites (tertiary alicyclic amines) is 2. The average Bonchev–Trinajstić information content (AvgIpc) is 3.11. The van der Waals surface area contributed by atoms with Crippen LogP contribution in [0.2, 0.25) is 0 Å². The minimum Gasteiger partial charge on any atom is -0.487 e. The lowest BCUT2D eigenvalue weighted by Gasteiger charge is -2.47. The Balaban J connectivity index is 1.17. The Hall–Kier alpha value is -2.67. The van der Waals surface area contributed by atoms with Gasteiger partial charge in [0, 0.05) is 44.0 Å². The van der Waals surface area contributed by atoms with E-state index in [4.69, 9.17) is 4.74 Å². The van der Waals surface area contributed by atoms with Crippen LogP contribution < -0.4 is 10.3 Å². The summed E-state index contributed by atoms with van der Waals surface area (Å²) in [6, 6.07) is 6.45. The van der Waals surface area contributed by atoms with Crippen LogP contribution in [-0.2, 0) is 13.0 Å². The Morgan fingerprint density at radius 2 is 1.84 bits per heavy atom. The molecular formula is C25H32N4O3. The molecule has 3 aliphatic heterocycles. The van der Waals surface area contributed by atoms with Crippen molar-refractivity contribution in [2.45, 2.75) is 58.1 Å². The normalized spacial score (nSPS) is 21.9. The minimum absolute atomic E-state index is 0.000759. The fourth-order valence-electron chi connectivity index (χ4n) is 5.58. The van der Waals surface area contributed by atoms with Gasteiger partial charge in [-0.05, 0) is 69.7 Å². The maximum atomic E-state index is 12.7. The van der Waals surface area contributed by atoms with E-state index in [1.165, 1.54) is 23.5 Å². The van der Waals surface area contributed by atoms with E-state index < -0.39 is 5.56 Å². The number of aromatic nitrogens is 2. The second-order valence-corrected chi connectivity index (χ2v) is 10.3. The number of rotatable bonds is 3. The first-order valence-electron chi connectivity index (χ1n) is 11.7. The van der Waals surface area contributed by atoms with Gasteiger partial charge >= 0.3 is 0 Å². The fourth-order valence-corrected chi connectivity index (χ4v) is 5.58. The SMILES string of the molecule is CC1(C)Cc2c(CN3CCC4(CC3)CCN(C(=O)c3ncc[nH]c3=O)CC4)cccc2O1. The van der Waals surface area contributed by atoms with Crippen LogP contribution in [-0.4, -0.2) is 57.5 Å². The Kier molecular flexibility index (Phi) is 5.32. The first-order chi connectivity index (χ1) is 15.3. The van der Waals surface area contributed by atoms with E-state index in [-0.39, 0.29) is 17.2 Å². The summed E-state index contributed by atoms with van der Waals surface area (Å²) in [6.07, 6.45) is 8.21. The molecular weight excluding hydrogens is 404 g/mol. The molecule has 5 rings (SSSR count). The summed E-state index contributed by atoms with van der Waals surface area (Å²) in [5, 5.41) is 0. The molecule has 0 radical (unpaired) electrons. The van der Waals surface area contributed by atoms with Crippen LogP contribution in [0.4, 0.5) is 0 Å². The molecule has 7 nitrogen and oxygen atoms in total. The molecule has 170 valence electrons. The van der Waals surface area contributed by atoms with Crippen LogP contribution >= 0.6 is 0 Å². The lowest BCUT2D eigenvalue weighted by atomic mass is 9.71. The third-order valence-corrected chi connectivity index (χ3v) is 7.55. The minimum atomic E-state index is -0.410. The molecule has 0 saturated carbocycles. The van der Waals surface area contributed by atoms with Crippen molar-refractivity contribution in [3.63, 3.8) is 0 Å². The van der Waals surface area contributed by atoms with E-state index in [9.17, 15) is 9.59 Å². The number of fused-ring (bicyclic) bond motifs is 1. The number of nitrogens with zero attached hydrogens (tertiary/aromatic N) is 3. The number of amides is 1. The second kappa shape index (κ2) is 8.03. The number of benzene rings is 1. The zero-order valence-corrected chi connectivity index (χ0v) is 19.0. The maximum absolute atomic E-state index is 12.7. The molecule has 0 aliphatic carbocycles. The average molecular weight is 437 g/mol. The zero-order valence-electron chi connectivity index (χ0n) is 19.0. The van der Waals surface area contributed by atoms with Gasteiger partial charge in [0.15, 0.2) is 5.69 Å². The largest absolute Gasteiger partial charge is 0.487 e. The van der Waals surface area contributed by atoms with Gasteiger partial charge in [-0.2, -0.15) is 0 Å². The molecule has 32 heavy (non-hydrogen) atoms. The van der Waals surface area contributed by atoms with Crippen molar-refractivity contribution in [1.82, 2.24) is 19.8 Å². The summed E-state index contributed by atoms with van der Waals surface area (Å²) in [7, 11) is 0. The van der Waals surface area contributed by atoms with Crippen LogP contribution in [0.25, 0.3) is 0 Å². The van der Waals surface area contributed by atoms with Gasteiger partial charge in [0.25, 0.3) is 11.5 Å². The van der Waals surface area contributed by atoms with Gasteiger partial charge in [-0.1, -0.05) is 12.1 Å². The van der Waals surface area contributed by atoms with Crippen molar-refractivity contribution < 1.29 is 9.53 Å². The van der Waals surface area contributed by atoms with E-state index >= 15 is 0 Å². The fraction of sp³-hybridized carbons (Fsp3) is 0.560. The highest BCUT2D eigenvalue weighted by Gasteiger charge is 2.39. The third kappa shape index (κ3) is 4.06. The molecule has 1 amide bonds. The Morgan fingerprint density at radius 3 is 2.56 bits per heavy atom. The number of carbonyl (C=O) groups excluding carboxylic acids is 1.